The van der Waals surface area contributed by atoms with E-state index < -0.39 is 63.1 Å². The zero-order valence-electron chi connectivity index (χ0n) is 20.9. The van der Waals surface area contributed by atoms with Gasteiger partial charge < -0.3 is 0 Å². The Kier molecular flexibility index (Phi) is 9.50. The molecular formula is C25H28N4O8S2. The average molecular weight is 577 g/mol. The molecule has 0 aromatic heterocycles. The number of para-hydroxylation sites is 2. The molecule has 0 spiro atoms. The van der Waals surface area contributed by atoms with Gasteiger partial charge in [0.05, 0.1) is 9.85 Å². The van der Waals surface area contributed by atoms with E-state index in [9.17, 15) is 37.1 Å². The summed E-state index contributed by atoms with van der Waals surface area (Å²) in [6, 6.07) is 8.32. The zero-order valence-corrected chi connectivity index (χ0v) is 22.5. The SMILES string of the molecule is C=CCCN([C@@H]1C=C[C@H](N(CCC=C)S(=O)(=O)c2ccccc2[N+](=O)[O-])C1)S(=O)(=O)c1ccccc1[N+](=O)[O-]. The molecule has 2 aromatic rings. The number of benzene rings is 2. The van der Waals surface area contributed by atoms with Crippen LogP contribution in [0.2, 0.25) is 0 Å². The molecule has 39 heavy (non-hydrogen) atoms. The van der Waals surface area contributed by atoms with E-state index in [1.807, 2.05) is 0 Å². The molecule has 0 saturated heterocycles. The van der Waals surface area contributed by atoms with E-state index in [0.717, 1.165) is 32.9 Å². The van der Waals surface area contributed by atoms with Crippen molar-refractivity contribution in [2.75, 3.05) is 13.1 Å². The number of hydrogen-bond donors (Lipinski definition) is 0. The summed E-state index contributed by atoms with van der Waals surface area (Å²) in [6.45, 7) is 7.15. The van der Waals surface area contributed by atoms with Crippen LogP contribution in [0.15, 0.2) is 95.8 Å². The standard InChI is InChI=1S/C25H28N4O8S2/c1-3-5-17-26(38(34,35)24-13-9-7-11-22(24)28(30)31)20-15-16-21(19-20)27(18-6-4-2)39(36,37)25-14-10-8-12-23(25)29(32)33/h3-4,7-16,20-21H,1-2,5-6,17-19H2/t20-,21+. The van der Waals surface area contributed by atoms with Crippen LogP contribution in [0.25, 0.3) is 0 Å². The lowest BCUT2D eigenvalue weighted by Gasteiger charge is -2.30. The number of nitrogens with zero attached hydrogens (tertiary/aromatic N) is 4. The van der Waals surface area contributed by atoms with Crippen LogP contribution in [0.4, 0.5) is 11.4 Å². The fourth-order valence-electron chi connectivity index (χ4n) is 4.36. The fourth-order valence-corrected chi connectivity index (χ4v) is 7.90. The molecule has 0 fully saturated rings. The zero-order chi connectivity index (χ0) is 28.8. The Balaban J connectivity index is 2.01. The quantitative estimate of drug-likeness (QED) is 0.185. The topological polar surface area (TPSA) is 161 Å². The summed E-state index contributed by atoms with van der Waals surface area (Å²) >= 11 is 0. The minimum Gasteiger partial charge on any atom is -0.258 e. The molecule has 0 N–H and O–H groups in total. The van der Waals surface area contributed by atoms with Crippen molar-refractivity contribution in [3.63, 3.8) is 0 Å². The summed E-state index contributed by atoms with van der Waals surface area (Å²) < 4.78 is 56.9. The molecule has 0 bridgehead atoms. The maximum atomic E-state index is 13.7. The first-order valence-electron chi connectivity index (χ1n) is 11.9. The van der Waals surface area contributed by atoms with Crippen LogP contribution in [-0.4, -0.2) is 60.5 Å². The number of nitro groups is 2. The first kappa shape index (κ1) is 29.8. The van der Waals surface area contributed by atoms with Crippen molar-refractivity contribution >= 4 is 31.4 Å². The smallest absolute Gasteiger partial charge is 0.258 e. The highest BCUT2D eigenvalue weighted by molar-refractivity contribution is 7.89. The van der Waals surface area contributed by atoms with Crippen molar-refractivity contribution < 1.29 is 26.7 Å². The second kappa shape index (κ2) is 12.4. The lowest BCUT2D eigenvalue weighted by molar-refractivity contribution is -0.388. The van der Waals surface area contributed by atoms with Crippen LogP contribution in [0.3, 0.4) is 0 Å². The predicted molar refractivity (Wildman–Crippen MR) is 145 cm³/mol. The van der Waals surface area contributed by atoms with Crippen LogP contribution >= 0.6 is 0 Å². The highest BCUT2D eigenvalue weighted by Crippen LogP contribution is 2.34. The van der Waals surface area contributed by atoms with Gasteiger partial charge in [0.25, 0.3) is 11.4 Å². The van der Waals surface area contributed by atoms with Crippen molar-refractivity contribution in [3.05, 3.63) is 106 Å². The molecule has 0 unspecified atom stereocenters. The molecule has 0 amide bonds. The van der Waals surface area contributed by atoms with Gasteiger partial charge in [-0.3, -0.25) is 20.2 Å². The van der Waals surface area contributed by atoms with E-state index in [2.05, 4.69) is 13.2 Å². The second-order valence-electron chi connectivity index (χ2n) is 8.59. The third-order valence-corrected chi connectivity index (χ3v) is 10.1. The van der Waals surface area contributed by atoms with Gasteiger partial charge in [-0.2, -0.15) is 8.61 Å². The van der Waals surface area contributed by atoms with Crippen molar-refractivity contribution in [3.8, 4) is 0 Å². The molecule has 1 aliphatic rings. The summed E-state index contributed by atoms with van der Waals surface area (Å²) in [5.74, 6) is 0. The lowest BCUT2D eigenvalue weighted by atomic mass is 10.2. The van der Waals surface area contributed by atoms with E-state index >= 15 is 0 Å². The Labute approximate surface area is 227 Å². The largest absolute Gasteiger partial charge is 0.289 e. The van der Waals surface area contributed by atoms with Crippen molar-refractivity contribution in [2.24, 2.45) is 0 Å². The number of nitro benzene ring substituents is 2. The molecule has 208 valence electrons. The number of rotatable bonds is 14. The monoisotopic (exact) mass is 576 g/mol. The van der Waals surface area contributed by atoms with Gasteiger partial charge >= 0.3 is 0 Å². The molecule has 0 aliphatic heterocycles. The van der Waals surface area contributed by atoms with Crippen LogP contribution < -0.4 is 0 Å². The van der Waals surface area contributed by atoms with Crippen LogP contribution in [0.5, 0.6) is 0 Å². The Morgan fingerprint density at radius 1 is 0.744 bits per heavy atom. The Morgan fingerprint density at radius 2 is 1.10 bits per heavy atom. The highest BCUT2D eigenvalue weighted by Gasteiger charge is 2.41. The van der Waals surface area contributed by atoms with Crippen LogP contribution in [-0.2, 0) is 20.0 Å². The molecule has 1 aliphatic carbocycles. The maximum absolute atomic E-state index is 13.7. The summed E-state index contributed by atoms with van der Waals surface area (Å²) in [5, 5.41) is 23.1. The molecular weight excluding hydrogens is 548 g/mol. The molecule has 0 heterocycles. The minimum absolute atomic E-state index is 0.00594. The molecule has 0 saturated carbocycles. The minimum atomic E-state index is -4.38. The van der Waals surface area contributed by atoms with Gasteiger partial charge in [-0.05, 0) is 31.4 Å². The van der Waals surface area contributed by atoms with E-state index in [1.165, 1.54) is 48.6 Å². The van der Waals surface area contributed by atoms with E-state index in [-0.39, 0.29) is 32.4 Å². The van der Waals surface area contributed by atoms with Gasteiger partial charge in [-0.1, -0.05) is 48.6 Å². The number of sulfonamides is 2. The Morgan fingerprint density at radius 3 is 1.44 bits per heavy atom. The molecule has 2 aromatic carbocycles. The second-order valence-corrected chi connectivity index (χ2v) is 12.3. The van der Waals surface area contributed by atoms with Crippen molar-refractivity contribution in [1.29, 1.82) is 0 Å². The maximum Gasteiger partial charge on any atom is 0.289 e. The summed E-state index contributed by atoms with van der Waals surface area (Å²) in [4.78, 5) is 20.6. The molecule has 0 radical (unpaired) electrons. The predicted octanol–water partition coefficient (Wildman–Crippen LogP) is 4.03. The van der Waals surface area contributed by atoms with E-state index in [4.69, 9.17) is 0 Å². The first-order chi connectivity index (χ1) is 18.5. The Hall–Kier alpha value is -3.72. The first-order valence-corrected chi connectivity index (χ1v) is 14.8. The van der Waals surface area contributed by atoms with Gasteiger partial charge in [-0.15, -0.1) is 13.2 Å². The van der Waals surface area contributed by atoms with E-state index in [0.29, 0.717) is 0 Å². The fraction of sp³-hybridized carbons (Fsp3) is 0.280. The van der Waals surface area contributed by atoms with E-state index in [1.54, 1.807) is 0 Å². The van der Waals surface area contributed by atoms with Gasteiger partial charge in [0.15, 0.2) is 9.79 Å². The highest BCUT2D eigenvalue weighted by atomic mass is 32.2. The van der Waals surface area contributed by atoms with Crippen LogP contribution in [0.1, 0.15) is 19.3 Å². The van der Waals surface area contributed by atoms with Crippen LogP contribution in [0, 0.1) is 20.2 Å². The summed E-state index contributed by atoms with van der Waals surface area (Å²) in [7, 11) is -8.77. The van der Waals surface area contributed by atoms with Crippen molar-refractivity contribution in [1.82, 2.24) is 8.61 Å². The van der Waals surface area contributed by atoms with Gasteiger partial charge in [0.1, 0.15) is 0 Å². The van der Waals surface area contributed by atoms with Gasteiger partial charge in [0.2, 0.25) is 20.0 Å². The molecule has 2 atom stereocenters. The van der Waals surface area contributed by atoms with Crippen molar-refractivity contribution in [2.45, 2.75) is 41.1 Å². The Bertz CT molecular complexity index is 1390. The summed E-state index contributed by atoms with van der Waals surface area (Å²) in [5.41, 5.74) is -1.16. The summed E-state index contributed by atoms with van der Waals surface area (Å²) in [6.07, 6.45) is 6.56. The number of hydrogen-bond acceptors (Lipinski definition) is 8. The third-order valence-electron chi connectivity index (χ3n) is 6.18. The lowest BCUT2D eigenvalue weighted by Crippen LogP contribution is -2.44. The van der Waals surface area contributed by atoms with Gasteiger partial charge in [-0.25, -0.2) is 16.8 Å². The average Bonchev–Trinajstić information content (AvgIpc) is 3.38. The normalized spacial score (nSPS) is 17.4. The van der Waals surface area contributed by atoms with Gasteiger partial charge in [0, 0.05) is 37.3 Å². The molecule has 3 rings (SSSR count). The third kappa shape index (κ3) is 6.30. The molecule has 14 heteroatoms. The molecule has 12 nitrogen and oxygen atoms in total.